The Labute approximate surface area is 111 Å². The van der Waals surface area contributed by atoms with Gasteiger partial charge in [0.15, 0.2) is 0 Å². The molecule has 1 saturated carbocycles. The van der Waals surface area contributed by atoms with Crippen LogP contribution in [0, 0.1) is 5.92 Å². The normalized spacial score (nSPS) is 26.4. The molecule has 1 atom stereocenters. The number of nitrogens with zero attached hydrogens (tertiary/aromatic N) is 1. The van der Waals surface area contributed by atoms with Gasteiger partial charge >= 0.3 is 0 Å². The first-order valence-corrected chi connectivity index (χ1v) is 6.77. The molecule has 2 fully saturated rings. The summed E-state index contributed by atoms with van der Waals surface area (Å²) in [6.45, 7) is 4.90. The van der Waals surface area contributed by atoms with Crippen molar-refractivity contribution < 1.29 is 4.79 Å². The van der Waals surface area contributed by atoms with Crippen LogP contribution in [0.4, 0.5) is 0 Å². The Morgan fingerprint density at radius 3 is 2.65 bits per heavy atom. The molecule has 2 rings (SSSR count). The molecule has 2 aliphatic rings. The van der Waals surface area contributed by atoms with Crippen molar-refractivity contribution in [1.29, 1.82) is 0 Å². The molecule has 17 heavy (non-hydrogen) atoms. The van der Waals surface area contributed by atoms with Crippen molar-refractivity contribution in [3.05, 3.63) is 0 Å². The standard InChI is InChI=1S/C13H24N2O.ClH/c1-11-10-15(8-7-14-11)13(16)9-12-5-3-2-4-6-12;/h11-12,14H,2-10H2,1H3;1H. The summed E-state index contributed by atoms with van der Waals surface area (Å²) in [5.74, 6) is 1.06. The summed E-state index contributed by atoms with van der Waals surface area (Å²) >= 11 is 0. The van der Waals surface area contributed by atoms with E-state index in [-0.39, 0.29) is 12.4 Å². The van der Waals surface area contributed by atoms with E-state index in [1.165, 1.54) is 32.1 Å². The van der Waals surface area contributed by atoms with Crippen LogP contribution in [0.3, 0.4) is 0 Å². The highest BCUT2D eigenvalue weighted by atomic mass is 35.5. The van der Waals surface area contributed by atoms with Crippen LogP contribution in [0.5, 0.6) is 0 Å². The summed E-state index contributed by atoms with van der Waals surface area (Å²) in [5.41, 5.74) is 0. The molecule has 0 bridgehead atoms. The molecule has 1 aliphatic carbocycles. The van der Waals surface area contributed by atoms with E-state index in [0.717, 1.165) is 26.1 Å². The summed E-state index contributed by atoms with van der Waals surface area (Å²) in [7, 11) is 0. The molecular weight excluding hydrogens is 236 g/mol. The van der Waals surface area contributed by atoms with Gasteiger partial charge in [0.25, 0.3) is 0 Å². The van der Waals surface area contributed by atoms with Gasteiger partial charge in [0.1, 0.15) is 0 Å². The zero-order valence-electron chi connectivity index (χ0n) is 10.8. The van der Waals surface area contributed by atoms with E-state index < -0.39 is 0 Å². The summed E-state index contributed by atoms with van der Waals surface area (Å²) in [4.78, 5) is 14.2. The zero-order valence-corrected chi connectivity index (χ0v) is 11.6. The van der Waals surface area contributed by atoms with E-state index in [0.29, 0.717) is 17.9 Å². The first-order valence-electron chi connectivity index (χ1n) is 6.77. The minimum atomic E-state index is 0. The number of hydrogen-bond acceptors (Lipinski definition) is 2. The highest BCUT2D eigenvalue weighted by molar-refractivity contribution is 5.85. The molecular formula is C13H25ClN2O. The number of nitrogens with one attached hydrogen (secondary N) is 1. The Morgan fingerprint density at radius 1 is 1.29 bits per heavy atom. The van der Waals surface area contributed by atoms with E-state index in [2.05, 4.69) is 17.1 Å². The van der Waals surface area contributed by atoms with Gasteiger partial charge in [-0.15, -0.1) is 12.4 Å². The number of hydrogen-bond donors (Lipinski definition) is 1. The fraction of sp³-hybridized carbons (Fsp3) is 0.923. The number of halogens is 1. The van der Waals surface area contributed by atoms with Crippen molar-refractivity contribution in [2.75, 3.05) is 19.6 Å². The van der Waals surface area contributed by atoms with Crippen molar-refractivity contribution in [2.45, 2.75) is 51.5 Å². The largest absolute Gasteiger partial charge is 0.340 e. The molecule has 4 heteroatoms. The van der Waals surface area contributed by atoms with E-state index in [1.807, 2.05) is 0 Å². The van der Waals surface area contributed by atoms with Crippen molar-refractivity contribution in [3.63, 3.8) is 0 Å². The van der Waals surface area contributed by atoms with Gasteiger partial charge in [0.2, 0.25) is 5.91 Å². The molecule has 3 nitrogen and oxygen atoms in total. The van der Waals surface area contributed by atoms with Crippen LogP contribution in [-0.2, 0) is 4.79 Å². The maximum absolute atomic E-state index is 12.1. The fourth-order valence-corrected chi connectivity index (χ4v) is 2.93. The lowest BCUT2D eigenvalue weighted by molar-refractivity contribution is -0.133. The Hall–Kier alpha value is -0.280. The van der Waals surface area contributed by atoms with E-state index >= 15 is 0 Å². The Morgan fingerprint density at radius 2 is 2.00 bits per heavy atom. The van der Waals surface area contributed by atoms with Crippen LogP contribution in [0.25, 0.3) is 0 Å². The molecule has 1 N–H and O–H groups in total. The number of rotatable bonds is 2. The predicted molar refractivity (Wildman–Crippen MR) is 72.5 cm³/mol. The molecule has 1 saturated heterocycles. The van der Waals surface area contributed by atoms with E-state index in [4.69, 9.17) is 0 Å². The molecule has 0 aromatic carbocycles. The van der Waals surface area contributed by atoms with E-state index in [1.54, 1.807) is 0 Å². The van der Waals surface area contributed by atoms with E-state index in [9.17, 15) is 4.79 Å². The number of carbonyl (C=O) groups is 1. The van der Waals surface area contributed by atoms with Gasteiger partial charge < -0.3 is 10.2 Å². The lowest BCUT2D eigenvalue weighted by Gasteiger charge is -2.33. The van der Waals surface area contributed by atoms with Crippen LogP contribution >= 0.6 is 12.4 Å². The molecule has 0 aromatic rings. The van der Waals surface area contributed by atoms with Gasteiger partial charge in [0, 0.05) is 32.1 Å². The van der Waals surface area contributed by atoms with Crippen LogP contribution in [-0.4, -0.2) is 36.5 Å². The van der Waals surface area contributed by atoms with Crippen LogP contribution in [0.15, 0.2) is 0 Å². The lowest BCUT2D eigenvalue weighted by atomic mass is 9.86. The highest BCUT2D eigenvalue weighted by Gasteiger charge is 2.23. The first kappa shape index (κ1) is 14.8. The maximum Gasteiger partial charge on any atom is 0.222 e. The van der Waals surface area contributed by atoms with Crippen molar-refractivity contribution in [3.8, 4) is 0 Å². The number of amides is 1. The van der Waals surface area contributed by atoms with Crippen LogP contribution in [0.1, 0.15) is 45.4 Å². The van der Waals surface area contributed by atoms with Crippen LogP contribution < -0.4 is 5.32 Å². The molecule has 0 radical (unpaired) electrons. The van der Waals surface area contributed by atoms with Crippen molar-refractivity contribution in [2.24, 2.45) is 5.92 Å². The van der Waals surface area contributed by atoms with Gasteiger partial charge in [0.05, 0.1) is 0 Å². The van der Waals surface area contributed by atoms with Crippen LogP contribution in [0.2, 0.25) is 0 Å². The van der Waals surface area contributed by atoms with Gasteiger partial charge in [-0.25, -0.2) is 0 Å². The highest BCUT2D eigenvalue weighted by Crippen LogP contribution is 2.26. The molecule has 0 spiro atoms. The Kier molecular flexibility index (Phi) is 6.28. The minimum absolute atomic E-state index is 0. The van der Waals surface area contributed by atoms with Gasteiger partial charge in [-0.05, 0) is 25.7 Å². The van der Waals surface area contributed by atoms with Gasteiger partial charge in [-0.2, -0.15) is 0 Å². The average molecular weight is 261 g/mol. The quantitative estimate of drug-likeness (QED) is 0.826. The summed E-state index contributed by atoms with van der Waals surface area (Å²) in [6.07, 6.45) is 7.37. The molecule has 1 aliphatic heterocycles. The number of piperazine rings is 1. The smallest absolute Gasteiger partial charge is 0.222 e. The molecule has 100 valence electrons. The molecule has 1 amide bonds. The SMILES string of the molecule is CC1CN(C(=O)CC2CCCCC2)CCN1.Cl. The average Bonchev–Trinajstić information content (AvgIpc) is 2.30. The first-order chi connectivity index (χ1) is 7.75. The zero-order chi connectivity index (χ0) is 11.4. The molecule has 1 heterocycles. The summed E-state index contributed by atoms with van der Waals surface area (Å²) < 4.78 is 0. The summed E-state index contributed by atoms with van der Waals surface area (Å²) in [5, 5.41) is 3.38. The maximum atomic E-state index is 12.1. The third kappa shape index (κ3) is 4.47. The Balaban J connectivity index is 0.00000144. The minimum Gasteiger partial charge on any atom is -0.340 e. The predicted octanol–water partition coefficient (Wildman–Crippen LogP) is 2.20. The lowest BCUT2D eigenvalue weighted by Crippen LogP contribution is -2.51. The fourth-order valence-electron chi connectivity index (χ4n) is 2.93. The summed E-state index contributed by atoms with van der Waals surface area (Å²) in [6, 6.07) is 0.462. The second-order valence-electron chi connectivity index (χ2n) is 5.40. The second-order valence-corrected chi connectivity index (χ2v) is 5.40. The third-order valence-corrected chi connectivity index (χ3v) is 3.91. The monoisotopic (exact) mass is 260 g/mol. The van der Waals surface area contributed by atoms with Crippen molar-refractivity contribution >= 4 is 18.3 Å². The van der Waals surface area contributed by atoms with Gasteiger partial charge in [-0.3, -0.25) is 4.79 Å². The third-order valence-electron chi connectivity index (χ3n) is 3.91. The number of carbonyl (C=O) groups excluding carboxylic acids is 1. The molecule has 0 aromatic heterocycles. The second kappa shape index (κ2) is 7.22. The Bertz CT molecular complexity index is 242. The molecule has 1 unspecified atom stereocenters. The van der Waals surface area contributed by atoms with Gasteiger partial charge in [-0.1, -0.05) is 19.3 Å². The topological polar surface area (TPSA) is 32.3 Å². The van der Waals surface area contributed by atoms with Crippen molar-refractivity contribution in [1.82, 2.24) is 10.2 Å².